The second-order valence-electron chi connectivity index (χ2n) is 4.88. The average molecular weight is 241 g/mol. The summed E-state index contributed by atoms with van der Waals surface area (Å²) in [7, 11) is 1.93. The maximum Gasteiger partial charge on any atom is 0.222 e. The van der Waals surface area contributed by atoms with Crippen molar-refractivity contribution in [2.24, 2.45) is 0 Å². The van der Waals surface area contributed by atoms with E-state index in [1.807, 2.05) is 11.9 Å². The van der Waals surface area contributed by atoms with E-state index in [1.165, 1.54) is 6.42 Å². The Morgan fingerprint density at radius 2 is 1.94 bits per heavy atom. The normalized spacial score (nSPS) is 19.4. The molecule has 1 aliphatic heterocycles. The van der Waals surface area contributed by atoms with Gasteiger partial charge in [-0.25, -0.2) is 0 Å². The average Bonchev–Trinajstić information content (AvgIpc) is 2.38. The highest BCUT2D eigenvalue weighted by Gasteiger charge is 2.22. The van der Waals surface area contributed by atoms with E-state index >= 15 is 0 Å². The molecule has 1 fully saturated rings. The van der Waals surface area contributed by atoms with Crippen LogP contribution in [0.25, 0.3) is 0 Å². The maximum atomic E-state index is 11.9. The van der Waals surface area contributed by atoms with E-state index in [0.717, 1.165) is 39.1 Å². The fraction of sp³-hybridized carbons (Fsp3) is 0.923. The van der Waals surface area contributed by atoms with Crippen LogP contribution in [0.2, 0.25) is 0 Å². The lowest BCUT2D eigenvalue weighted by molar-refractivity contribution is -0.133. The fourth-order valence-corrected chi connectivity index (χ4v) is 2.24. The standard InChI is InChI=1S/C13H27N3O/c1-4-12(2)15-8-10-16(11-9-15)13(17)6-5-7-14-3/h12,14H,4-11H2,1-3H3. The van der Waals surface area contributed by atoms with Crippen molar-refractivity contribution in [3.05, 3.63) is 0 Å². The van der Waals surface area contributed by atoms with E-state index < -0.39 is 0 Å². The molecule has 0 bridgehead atoms. The smallest absolute Gasteiger partial charge is 0.222 e. The van der Waals surface area contributed by atoms with Crippen molar-refractivity contribution >= 4 is 5.91 Å². The largest absolute Gasteiger partial charge is 0.340 e. The van der Waals surface area contributed by atoms with Gasteiger partial charge in [0, 0.05) is 38.6 Å². The zero-order valence-corrected chi connectivity index (χ0v) is 11.5. The molecule has 0 aromatic rings. The minimum absolute atomic E-state index is 0.323. The van der Waals surface area contributed by atoms with E-state index in [-0.39, 0.29) is 0 Å². The third kappa shape index (κ3) is 4.64. The predicted molar refractivity (Wildman–Crippen MR) is 71.1 cm³/mol. The molecule has 0 aromatic heterocycles. The molecule has 4 nitrogen and oxygen atoms in total. The molecule has 4 heteroatoms. The van der Waals surface area contributed by atoms with Gasteiger partial charge < -0.3 is 10.2 Å². The number of amides is 1. The summed E-state index contributed by atoms with van der Waals surface area (Å²) in [5.74, 6) is 0.323. The molecule has 1 aliphatic rings. The third-order valence-electron chi connectivity index (χ3n) is 3.70. The highest BCUT2D eigenvalue weighted by molar-refractivity contribution is 5.76. The molecule has 100 valence electrons. The Balaban J connectivity index is 2.24. The summed E-state index contributed by atoms with van der Waals surface area (Å²) in [6, 6.07) is 0.650. The minimum atomic E-state index is 0.323. The van der Waals surface area contributed by atoms with Gasteiger partial charge in [0.25, 0.3) is 0 Å². The van der Waals surface area contributed by atoms with E-state index in [1.54, 1.807) is 0 Å². The first-order valence-corrected chi connectivity index (χ1v) is 6.85. The van der Waals surface area contributed by atoms with Gasteiger partial charge in [0.05, 0.1) is 0 Å². The summed E-state index contributed by atoms with van der Waals surface area (Å²) < 4.78 is 0. The van der Waals surface area contributed by atoms with Crippen LogP contribution < -0.4 is 5.32 Å². The molecule has 0 saturated carbocycles. The molecule has 0 radical (unpaired) electrons. The lowest BCUT2D eigenvalue weighted by atomic mass is 10.2. The number of piperazine rings is 1. The Morgan fingerprint density at radius 3 is 2.47 bits per heavy atom. The summed E-state index contributed by atoms with van der Waals surface area (Å²) in [5.41, 5.74) is 0. The fourth-order valence-electron chi connectivity index (χ4n) is 2.24. The van der Waals surface area contributed by atoms with Crippen molar-refractivity contribution < 1.29 is 4.79 Å². The number of nitrogens with zero attached hydrogens (tertiary/aromatic N) is 2. The number of hydrogen-bond donors (Lipinski definition) is 1. The van der Waals surface area contributed by atoms with Gasteiger partial charge in [0.15, 0.2) is 0 Å². The van der Waals surface area contributed by atoms with Crippen molar-refractivity contribution in [1.29, 1.82) is 0 Å². The zero-order chi connectivity index (χ0) is 12.7. The van der Waals surface area contributed by atoms with Crippen LogP contribution in [0, 0.1) is 0 Å². The van der Waals surface area contributed by atoms with Crippen LogP contribution in [0.4, 0.5) is 0 Å². The van der Waals surface area contributed by atoms with Gasteiger partial charge in [-0.3, -0.25) is 9.69 Å². The summed E-state index contributed by atoms with van der Waals surface area (Å²) >= 11 is 0. The zero-order valence-electron chi connectivity index (χ0n) is 11.5. The highest BCUT2D eigenvalue weighted by atomic mass is 16.2. The Kier molecular flexibility index (Phi) is 6.52. The molecule has 1 N–H and O–H groups in total. The van der Waals surface area contributed by atoms with Gasteiger partial charge >= 0.3 is 0 Å². The van der Waals surface area contributed by atoms with Crippen LogP contribution in [-0.2, 0) is 4.79 Å². The summed E-state index contributed by atoms with van der Waals surface area (Å²) in [5, 5.41) is 3.08. The quantitative estimate of drug-likeness (QED) is 0.703. The molecule has 0 aliphatic carbocycles. The molecule has 0 spiro atoms. The minimum Gasteiger partial charge on any atom is -0.340 e. The predicted octanol–water partition coefficient (Wildman–Crippen LogP) is 0.929. The molecule has 1 atom stereocenters. The van der Waals surface area contributed by atoms with E-state index in [9.17, 15) is 4.79 Å². The molecule has 1 heterocycles. The molecule has 1 unspecified atom stereocenters. The summed E-state index contributed by atoms with van der Waals surface area (Å²) in [4.78, 5) is 16.4. The van der Waals surface area contributed by atoms with Gasteiger partial charge in [-0.2, -0.15) is 0 Å². The number of carbonyl (C=O) groups excluding carboxylic acids is 1. The first-order valence-electron chi connectivity index (χ1n) is 6.85. The van der Waals surface area contributed by atoms with Gasteiger partial charge in [-0.1, -0.05) is 6.92 Å². The maximum absolute atomic E-state index is 11.9. The van der Waals surface area contributed by atoms with Gasteiger partial charge in [0.2, 0.25) is 5.91 Å². The number of nitrogens with one attached hydrogen (secondary N) is 1. The summed E-state index contributed by atoms with van der Waals surface area (Å²) in [6.45, 7) is 9.30. The molecular weight excluding hydrogens is 214 g/mol. The Labute approximate surface area is 105 Å². The number of rotatable bonds is 6. The van der Waals surface area contributed by atoms with Crippen LogP contribution in [0.3, 0.4) is 0 Å². The van der Waals surface area contributed by atoms with Crippen molar-refractivity contribution in [2.75, 3.05) is 39.8 Å². The molecule has 17 heavy (non-hydrogen) atoms. The van der Waals surface area contributed by atoms with Gasteiger partial charge in [-0.15, -0.1) is 0 Å². The molecule has 1 amide bonds. The van der Waals surface area contributed by atoms with Gasteiger partial charge in [0.1, 0.15) is 0 Å². The van der Waals surface area contributed by atoms with E-state index in [2.05, 4.69) is 24.1 Å². The van der Waals surface area contributed by atoms with E-state index in [4.69, 9.17) is 0 Å². The van der Waals surface area contributed by atoms with Crippen molar-refractivity contribution in [2.45, 2.75) is 39.2 Å². The van der Waals surface area contributed by atoms with Crippen molar-refractivity contribution in [1.82, 2.24) is 15.1 Å². The van der Waals surface area contributed by atoms with Crippen LogP contribution in [-0.4, -0.2) is 61.5 Å². The van der Waals surface area contributed by atoms with Crippen LogP contribution in [0.15, 0.2) is 0 Å². The van der Waals surface area contributed by atoms with Crippen molar-refractivity contribution in [3.8, 4) is 0 Å². The van der Waals surface area contributed by atoms with Crippen LogP contribution in [0.5, 0.6) is 0 Å². The van der Waals surface area contributed by atoms with Crippen LogP contribution >= 0.6 is 0 Å². The molecule has 1 saturated heterocycles. The monoisotopic (exact) mass is 241 g/mol. The highest BCUT2D eigenvalue weighted by Crippen LogP contribution is 2.09. The Morgan fingerprint density at radius 1 is 1.29 bits per heavy atom. The van der Waals surface area contributed by atoms with E-state index in [0.29, 0.717) is 18.4 Å². The molecular formula is C13H27N3O. The molecule has 0 aromatic carbocycles. The third-order valence-corrected chi connectivity index (χ3v) is 3.70. The Bertz CT molecular complexity index is 225. The number of hydrogen-bond acceptors (Lipinski definition) is 3. The second kappa shape index (κ2) is 7.67. The lowest BCUT2D eigenvalue weighted by Gasteiger charge is -2.37. The van der Waals surface area contributed by atoms with Crippen molar-refractivity contribution in [3.63, 3.8) is 0 Å². The van der Waals surface area contributed by atoms with Gasteiger partial charge in [-0.05, 0) is 33.4 Å². The molecule has 1 rings (SSSR count). The topological polar surface area (TPSA) is 35.6 Å². The first-order chi connectivity index (χ1) is 8.19. The SMILES string of the molecule is CCC(C)N1CCN(C(=O)CCCNC)CC1. The van der Waals surface area contributed by atoms with Crippen LogP contribution in [0.1, 0.15) is 33.1 Å². The summed E-state index contributed by atoms with van der Waals surface area (Å²) in [6.07, 6.45) is 2.82. The number of carbonyl (C=O) groups is 1. The first kappa shape index (κ1) is 14.5. The second-order valence-corrected chi connectivity index (χ2v) is 4.88. The lowest BCUT2D eigenvalue weighted by Crippen LogP contribution is -2.51. The Hall–Kier alpha value is -0.610.